The standard InChI is InChI=1S/C19H33N5O5/c1-12(22-17(26)13-7-4-10-21-13)16(25)23-14(6-2-3-9-20)18(27)24-11-5-8-15(24)19(28)29/h12-15,21H,2-11,20H2,1H3,(H,22,26)(H,23,25)(H,28,29). The van der Waals surface area contributed by atoms with E-state index in [0.717, 1.165) is 19.4 Å². The second kappa shape index (κ2) is 11.1. The smallest absolute Gasteiger partial charge is 0.326 e. The monoisotopic (exact) mass is 411 g/mol. The van der Waals surface area contributed by atoms with Gasteiger partial charge in [0.05, 0.1) is 6.04 Å². The van der Waals surface area contributed by atoms with Crippen molar-refractivity contribution in [1.82, 2.24) is 20.9 Å². The Kier molecular flexibility index (Phi) is 8.84. The van der Waals surface area contributed by atoms with Crippen molar-refractivity contribution in [3.63, 3.8) is 0 Å². The zero-order valence-corrected chi connectivity index (χ0v) is 17.0. The van der Waals surface area contributed by atoms with Crippen LogP contribution in [-0.2, 0) is 19.2 Å². The summed E-state index contributed by atoms with van der Waals surface area (Å²) in [6.07, 6.45) is 4.36. The lowest BCUT2D eigenvalue weighted by atomic mass is 10.1. The summed E-state index contributed by atoms with van der Waals surface area (Å²) in [4.78, 5) is 50.5. The average Bonchev–Trinajstić information content (AvgIpc) is 3.38. The number of carboxylic acid groups (broad SMARTS) is 1. The van der Waals surface area contributed by atoms with E-state index in [9.17, 15) is 24.3 Å². The van der Waals surface area contributed by atoms with Crippen LogP contribution in [0.25, 0.3) is 0 Å². The number of nitrogens with two attached hydrogens (primary N) is 1. The molecule has 0 aromatic carbocycles. The molecule has 4 unspecified atom stereocenters. The molecule has 0 bridgehead atoms. The molecule has 0 radical (unpaired) electrons. The highest BCUT2D eigenvalue weighted by Crippen LogP contribution is 2.20. The summed E-state index contributed by atoms with van der Waals surface area (Å²) in [6, 6.07) is -2.79. The molecule has 2 aliphatic heterocycles. The molecule has 29 heavy (non-hydrogen) atoms. The molecule has 164 valence electrons. The Morgan fingerprint density at radius 1 is 1.17 bits per heavy atom. The van der Waals surface area contributed by atoms with E-state index >= 15 is 0 Å². The van der Waals surface area contributed by atoms with Gasteiger partial charge >= 0.3 is 5.97 Å². The largest absolute Gasteiger partial charge is 0.480 e. The van der Waals surface area contributed by atoms with Crippen LogP contribution < -0.4 is 21.7 Å². The SMILES string of the molecule is CC(NC(=O)C1CCCN1)C(=O)NC(CCCCN)C(=O)N1CCCC1C(=O)O. The number of rotatable bonds is 10. The molecule has 2 saturated heterocycles. The van der Waals surface area contributed by atoms with Crippen LogP contribution in [0.3, 0.4) is 0 Å². The quantitative estimate of drug-likeness (QED) is 0.287. The van der Waals surface area contributed by atoms with Crippen LogP contribution in [0, 0.1) is 0 Å². The van der Waals surface area contributed by atoms with Gasteiger partial charge < -0.3 is 31.7 Å². The molecular formula is C19H33N5O5. The van der Waals surface area contributed by atoms with Gasteiger partial charge in [0.1, 0.15) is 18.1 Å². The minimum atomic E-state index is -1.03. The van der Waals surface area contributed by atoms with Gasteiger partial charge in [-0.3, -0.25) is 14.4 Å². The molecular weight excluding hydrogens is 378 g/mol. The molecule has 0 saturated carbocycles. The van der Waals surface area contributed by atoms with Crippen molar-refractivity contribution in [2.75, 3.05) is 19.6 Å². The maximum Gasteiger partial charge on any atom is 0.326 e. The van der Waals surface area contributed by atoms with Crippen molar-refractivity contribution in [2.45, 2.75) is 76.0 Å². The molecule has 2 aliphatic rings. The fourth-order valence-corrected chi connectivity index (χ4v) is 3.82. The topological polar surface area (TPSA) is 154 Å². The number of carbonyl (C=O) groups excluding carboxylic acids is 3. The van der Waals surface area contributed by atoms with Crippen LogP contribution in [0.15, 0.2) is 0 Å². The van der Waals surface area contributed by atoms with Crippen LogP contribution >= 0.6 is 0 Å². The molecule has 2 heterocycles. The first-order valence-electron chi connectivity index (χ1n) is 10.4. The van der Waals surface area contributed by atoms with Crippen LogP contribution in [0.4, 0.5) is 0 Å². The minimum Gasteiger partial charge on any atom is -0.480 e. The van der Waals surface area contributed by atoms with E-state index in [4.69, 9.17) is 5.73 Å². The number of hydrogen-bond donors (Lipinski definition) is 5. The van der Waals surface area contributed by atoms with E-state index in [-0.39, 0.29) is 11.9 Å². The Morgan fingerprint density at radius 3 is 2.55 bits per heavy atom. The number of aliphatic carboxylic acids is 1. The number of unbranched alkanes of at least 4 members (excludes halogenated alkanes) is 1. The molecule has 0 spiro atoms. The molecule has 2 fully saturated rings. The van der Waals surface area contributed by atoms with Crippen molar-refractivity contribution >= 4 is 23.7 Å². The number of amides is 3. The van der Waals surface area contributed by atoms with E-state index in [1.165, 1.54) is 4.90 Å². The maximum absolute atomic E-state index is 13.0. The van der Waals surface area contributed by atoms with Gasteiger partial charge in [0, 0.05) is 6.54 Å². The third kappa shape index (κ3) is 6.40. The van der Waals surface area contributed by atoms with Gasteiger partial charge in [-0.15, -0.1) is 0 Å². The van der Waals surface area contributed by atoms with E-state index in [0.29, 0.717) is 45.2 Å². The van der Waals surface area contributed by atoms with Gasteiger partial charge in [-0.2, -0.15) is 0 Å². The predicted molar refractivity (Wildman–Crippen MR) is 106 cm³/mol. The second-order valence-electron chi connectivity index (χ2n) is 7.75. The van der Waals surface area contributed by atoms with Gasteiger partial charge in [0.2, 0.25) is 17.7 Å². The molecule has 10 heteroatoms. The lowest BCUT2D eigenvalue weighted by molar-refractivity contribution is -0.149. The molecule has 4 atom stereocenters. The fraction of sp³-hybridized carbons (Fsp3) is 0.789. The van der Waals surface area contributed by atoms with Crippen molar-refractivity contribution < 1.29 is 24.3 Å². The summed E-state index contributed by atoms with van der Waals surface area (Å²) in [5, 5.41) is 17.8. The lowest BCUT2D eigenvalue weighted by Gasteiger charge is -2.28. The number of nitrogens with one attached hydrogen (secondary N) is 3. The van der Waals surface area contributed by atoms with Crippen molar-refractivity contribution in [1.29, 1.82) is 0 Å². The van der Waals surface area contributed by atoms with Crippen molar-refractivity contribution in [3.8, 4) is 0 Å². The number of nitrogens with zero attached hydrogens (tertiary/aromatic N) is 1. The summed E-state index contributed by atoms with van der Waals surface area (Å²) < 4.78 is 0. The van der Waals surface area contributed by atoms with Crippen molar-refractivity contribution in [3.05, 3.63) is 0 Å². The number of carboxylic acids is 1. The van der Waals surface area contributed by atoms with Gasteiger partial charge in [0.15, 0.2) is 0 Å². The van der Waals surface area contributed by atoms with Gasteiger partial charge in [-0.05, 0) is 65.0 Å². The van der Waals surface area contributed by atoms with Gasteiger partial charge in [-0.25, -0.2) is 4.79 Å². The van der Waals surface area contributed by atoms with E-state index < -0.39 is 35.9 Å². The van der Waals surface area contributed by atoms with E-state index in [1.54, 1.807) is 6.92 Å². The summed E-state index contributed by atoms with van der Waals surface area (Å²) in [5.74, 6) is -2.13. The zero-order valence-electron chi connectivity index (χ0n) is 17.0. The Bertz CT molecular complexity index is 608. The molecule has 2 rings (SSSR count). The molecule has 10 nitrogen and oxygen atoms in total. The summed E-state index contributed by atoms with van der Waals surface area (Å²) in [5.41, 5.74) is 5.52. The van der Waals surface area contributed by atoms with Crippen molar-refractivity contribution in [2.24, 2.45) is 5.73 Å². The summed E-state index contributed by atoms with van der Waals surface area (Å²) >= 11 is 0. The zero-order chi connectivity index (χ0) is 21.4. The third-order valence-corrected chi connectivity index (χ3v) is 5.51. The van der Waals surface area contributed by atoms with Gasteiger partial charge in [-0.1, -0.05) is 0 Å². The number of carbonyl (C=O) groups is 4. The van der Waals surface area contributed by atoms with Crippen LogP contribution in [0.2, 0.25) is 0 Å². The molecule has 0 aromatic heterocycles. The summed E-state index contributed by atoms with van der Waals surface area (Å²) in [7, 11) is 0. The molecule has 0 aromatic rings. The summed E-state index contributed by atoms with van der Waals surface area (Å²) in [6.45, 7) is 3.17. The highest BCUT2D eigenvalue weighted by Gasteiger charge is 2.38. The highest BCUT2D eigenvalue weighted by atomic mass is 16.4. The number of hydrogen-bond acceptors (Lipinski definition) is 6. The Morgan fingerprint density at radius 2 is 1.93 bits per heavy atom. The first-order chi connectivity index (χ1) is 13.8. The van der Waals surface area contributed by atoms with E-state index in [1.807, 2.05) is 0 Å². The minimum absolute atomic E-state index is 0.235. The molecule has 3 amide bonds. The highest BCUT2D eigenvalue weighted by molar-refractivity contribution is 5.94. The lowest BCUT2D eigenvalue weighted by Crippen LogP contribution is -2.56. The Balaban J connectivity index is 1.98. The Labute approximate surface area is 170 Å². The van der Waals surface area contributed by atoms with Gasteiger partial charge in [0.25, 0.3) is 0 Å². The normalized spacial score (nSPS) is 23.4. The number of likely N-dealkylation sites (tertiary alicyclic amines) is 1. The third-order valence-electron chi connectivity index (χ3n) is 5.51. The average molecular weight is 412 g/mol. The maximum atomic E-state index is 13.0. The Hall–Kier alpha value is -2.20. The van der Waals surface area contributed by atoms with Crippen LogP contribution in [0.5, 0.6) is 0 Å². The predicted octanol–water partition coefficient (Wildman–Crippen LogP) is -1.07. The van der Waals surface area contributed by atoms with Crippen LogP contribution in [0.1, 0.15) is 51.9 Å². The first kappa shape index (κ1) is 23.1. The molecule has 6 N–H and O–H groups in total. The molecule has 0 aliphatic carbocycles. The van der Waals surface area contributed by atoms with E-state index in [2.05, 4.69) is 16.0 Å². The second-order valence-corrected chi connectivity index (χ2v) is 7.75. The first-order valence-corrected chi connectivity index (χ1v) is 10.4. The van der Waals surface area contributed by atoms with Crippen LogP contribution in [-0.4, -0.2) is 77.5 Å². The fourth-order valence-electron chi connectivity index (χ4n) is 3.82.